The van der Waals surface area contributed by atoms with Crippen LogP contribution in [0.15, 0.2) is 30.3 Å². The number of carboxylic acid groups (broad SMARTS) is 1. The van der Waals surface area contributed by atoms with E-state index in [0.717, 1.165) is 0 Å². The fourth-order valence-electron chi connectivity index (χ4n) is 2.57. The number of rotatable bonds is 11. The van der Waals surface area contributed by atoms with Crippen molar-refractivity contribution >= 4 is 35.5 Å². The molecule has 0 radical (unpaired) electrons. The van der Waals surface area contributed by atoms with E-state index < -0.39 is 41.7 Å². The third-order valence-corrected chi connectivity index (χ3v) is 4.57. The highest BCUT2D eigenvalue weighted by molar-refractivity contribution is 7.98. The molecular weight excluding hydrogens is 370 g/mol. The number of nitrogens with two attached hydrogens (primary N) is 1. The molecule has 1 aromatic carbocycles. The minimum absolute atomic E-state index is 0.0423. The number of nitrogens with one attached hydrogen (secondary N) is 2. The molecule has 5 N–H and O–H groups in total. The van der Waals surface area contributed by atoms with E-state index in [1.54, 1.807) is 30.3 Å². The number of hydrogen-bond acceptors (Lipinski definition) is 5. The molecule has 0 heterocycles. The standard InChI is InChI=1S/C18H25N3O5S/c1-11(22)20-15(17(24)21-14(16(19)23)8-9-27-2)13(18(25)26)10-12-6-4-3-5-7-12/h3-7,13-15H,8-10H2,1-2H3,(H2,19,23)(H,20,22)(H,21,24)(H,25,26)/t13?,14-,15-/m0/s1. The minimum Gasteiger partial charge on any atom is -0.481 e. The van der Waals surface area contributed by atoms with Crippen molar-refractivity contribution in [3.05, 3.63) is 35.9 Å². The van der Waals surface area contributed by atoms with E-state index in [2.05, 4.69) is 10.6 Å². The first-order valence-corrected chi connectivity index (χ1v) is 9.78. The summed E-state index contributed by atoms with van der Waals surface area (Å²) < 4.78 is 0. The first-order valence-electron chi connectivity index (χ1n) is 8.38. The Bertz CT molecular complexity index is 668. The van der Waals surface area contributed by atoms with Crippen LogP contribution in [0.4, 0.5) is 0 Å². The summed E-state index contributed by atoms with van der Waals surface area (Å²) in [5.74, 6) is -3.86. The summed E-state index contributed by atoms with van der Waals surface area (Å²) >= 11 is 1.48. The fourth-order valence-corrected chi connectivity index (χ4v) is 3.04. The number of carbonyl (C=O) groups excluding carboxylic acids is 3. The Labute approximate surface area is 162 Å². The maximum absolute atomic E-state index is 12.7. The van der Waals surface area contributed by atoms with E-state index in [1.807, 2.05) is 6.26 Å². The smallest absolute Gasteiger partial charge is 0.309 e. The Kier molecular flexibility index (Phi) is 9.35. The molecule has 0 aliphatic carbocycles. The van der Waals surface area contributed by atoms with Gasteiger partial charge in [-0.2, -0.15) is 11.8 Å². The van der Waals surface area contributed by atoms with Crippen molar-refractivity contribution < 1.29 is 24.3 Å². The molecule has 1 unspecified atom stereocenters. The van der Waals surface area contributed by atoms with Crippen molar-refractivity contribution in [3.63, 3.8) is 0 Å². The van der Waals surface area contributed by atoms with Crippen molar-refractivity contribution in [1.82, 2.24) is 10.6 Å². The lowest BCUT2D eigenvalue weighted by Gasteiger charge is -2.26. The van der Waals surface area contributed by atoms with Gasteiger partial charge in [0.25, 0.3) is 0 Å². The van der Waals surface area contributed by atoms with Gasteiger partial charge < -0.3 is 21.5 Å². The van der Waals surface area contributed by atoms with Gasteiger partial charge in [0.15, 0.2) is 0 Å². The molecule has 8 nitrogen and oxygen atoms in total. The number of benzene rings is 1. The molecule has 9 heteroatoms. The van der Waals surface area contributed by atoms with Gasteiger partial charge in [0, 0.05) is 6.92 Å². The summed E-state index contributed by atoms with van der Waals surface area (Å²) in [4.78, 5) is 47.6. The quantitative estimate of drug-likeness (QED) is 0.421. The average molecular weight is 395 g/mol. The first kappa shape index (κ1) is 22.5. The zero-order valence-corrected chi connectivity index (χ0v) is 16.1. The van der Waals surface area contributed by atoms with Crippen LogP contribution in [0.25, 0.3) is 0 Å². The third kappa shape index (κ3) is 7.69. The first-order chi connectivity index (χ1) is 12.8. The van der Waals surface area contributed by atoms with Crippen molar-refractivity contribution in [2.45, 2.75) is 31.8 Å². The topological polar surface area (TPSA) is 139 Å². The van der Waals surface area contributed by atoms with Crippen LogP contribution in [0.1, 0.15) is 18.9 Å². The molecule has 1 aromatic rings. The molecule has 0 spiro atoms. The molecule has 3 atom stereocenters. The van der Waals surface area contributed by atoms with Crippen molar-refractivity contribution in [2.75, 3.05) is 12.0 Å². The van der Waals surface area contributed by atoms with Gasteiger partial charge >= 0.3 is 5.97 Å². The summed E-state index contributed by atoms with van der Waals surface area (Å²) in [5, 5.41) is 14.5. The van der Waals surface area contributed by atoms with Crippen LogP contribution < -0.4 is 16.4 Å². The van der Waals surface area contributed by atoms with Gasteiger partial charge in [-0.25, -0.2) is 0 Å². The maximum Gasteiger partial charge on any atom is 0.309 e. The number of primary amides is 1. The molecule has 0 saturated heterocycles. The van der Waals surface area contributed by atoms with Crippen molar-refractivity contribution in [1.29, 1.82) is 0 Å². The Morgan fingerprint density at radius 1 is 1.15 bits per heavy atom. The molecule has 0 bridgehead atoms. The summed E-state index contributed by atoms with van der Waals surface area (Å²) in [5.41, 5.74) is 6.03. The largest absolute Gasteiger partial charge is 0.481 e. The monoisotopic (exact) mass is 395 g/mol. The lowest BCUT2D eigenvalue weighted by Crippen LogP contribution is -2.57. The van der Waals surface area contributed by atoms with Crippen molar-refractivity contribution in [2.24, 2.45) is 11.7 Å². The third-order valence-electron chi connectivity index (χ3n) is 3.93. The van der Waals surface area contributed by atoms with E-state index >= 15 is 0 Å². The lowest BCUT2D eigenvalue weighted by atomic mass is 9.91. The predicted octanol–water partition coefficient (Wildman–Crippen LogP) is 0.158. The molecule has 148 valence electrons. The number of carbonyl (C=O) groups is 4. The van der Waals surface area contributed by atoms with Crippen LogP contribution >= 0.6 is 11.8 Å². The van der Waals surface area contributed by atoms with E-state index in [4.69, 9.17) is 5.73 Å². The average Bonchev–Trinajstić information content (AvgIpc) is 2.61. The second-order valence-electron chi connectivity index (χ2n) is 6.06. The normalized spacial score (nSPS) is 13.9. The summed E-state index contributed by atoms with van der Waals surface area (Å²) in [6.45, 7) is 1.20. The van der Waals surface area contributed by atoms with Crippen LogP contribution in [0.3, 0.4) is 0 Å². The highest BCUT2D eigenvalue weighted by Crippen LogP contribution is 2.15. The fraction of sp³-hybridized carbons (Fsp3) is 0.444. The van der Waals surface area contributed by atoms with Crippen LogP contribution in [0, 0.1) is 5.92 Å². The zero-order valence-electron chi connectivity index (χ0n) is 15.3. The molecule has 0 aromatic heterocycles. The van der Waals surface area contributed by atoms with Gasteiger partial charge in [0.1, 0.15) is 12.1 Å². The van der Waals surface area contributed by atoms with Gasteiger partial charge in [0.05, 0.1) is 5.92 Å². The minimum atomic E-state index is -1.34. The molecule has 3 amide bonds. The van der Waals surface area contributed by atoms with Gasteiger partial charge in [-0.1, -0.05) is 30.3 Å². The maximum atomic E-state index is 12.7. The molecule has 1 rings (SSSR count). The Morgan fingerprint density at radius 3 is 2.26 bits per heavy atom. The SMILES string of the molecule is CSCC[C@H](NC(=O)[C@@H](NC(C)=O)C(Cc1ccccc1)C(=O)O)C(N)=O. The van der Waals surface area contributed by atoms with Crippen LogP contribution in [-0.2, 0) is 25.6 Å². The Balaban J connectivity index is 3.04. The second-order valence-corrected chi connectivity index (χ2v) is 7.04. The van der Waals surface area contributed by atoms with Gasteiger partial charge in [-0.15, -0.1) is 0 Å². The number of aliphatic carboxylic acids is 1. The number of thioether (sulfide) groups is 1. The summed E-state index contributed by atoms with van der Waals surface area (Å²) in [6, 6.07) is 6.51. The lowest BCUT2D eigenvalue weighted by molar-refractivity contribution is -0.146. The highest BCUT2D eigenvalue weighted by Gasteiger charge is 2.36. The van der Waals surface area contributed by atoms with E-state index in [-0.39, 0.29) is 6.42 Å². The van der Waals surface area contributed by atoms with E-state index in [0.29, 0.717) is 17.7 Å². The van der Waals surface area contributed by atoms with Crippen molar-refractivity contribution in [3.8, 4) is 0 Å². The molecule has 0 fully saturated rings. The Morgan fingerprint density at radius 2 is 1.78 bits per heavy atom. The molecule has 0 aliphatic rings. The highest BCUT2D eigenvalue weighted by atomic mass is 32.2. The van der Waals surface area contributed by atoms with E-state index in [9.17, 15) is 24.3 Å². The van der Waals surface area contributed by atoms with Gasteiger partial charge in [-0.3, -0.25) is 19.2 Å². The Hall–Kier alpha value is -2.55. The van der Waals surface area contributed by atoms with Gasteiger partial charge in [0.2, 0.25) is 17.7 Å². The number of hydrogen-bond donors (Lipinski definition) is 4. The molecule has 0 aliphatic heterocycles. The second kappa shape index (κ2) is 11.2. The summed E-state index contributed by atoms with van der Waals surface area (Å²) in [7, 11) is 0. The zero-order chi connectivity index (χ0) is 20.4. The molecular formula is C18H25N3O5S. The number of carboxylic acids is 1. The molecule has 27 heavy (non-hydrogen) atoms. The summed E-state index contributed by atoms with van der Waals surface area (Å²) in [6.07, 6.45) is 2.20. The predicted molar refractivity (Wildman–Crippen MR) is 103 cm³/mol. The van der Waals surface area contributed by atoms with Crippen LogP contribution in [0.5, 0.6) is 0 Å². The van der Waals surface area contributed by atoms with Crippen LogP contribution in [0.2, 0.25) is 0 Å². The number of amides is 3. The molecule has 0 saturated carbocycles. The van der Waals surface area contributed by atoms with E-state index in [1.165, 1.54) is 18.7 Å². The van der Waals surface area contributed by atoms with Gasteiger partial charge in [-0.05, 0) is 30.4 Å². The van der Waals surface area contributed by atoms with Crippen LogP contribution in [-0.4, -0.2) is 52.9 Å².